The van der Waals surface area contributed by atoms with E-state index < -0.39 is 78.6 Å². The average molecular weight is 1300 g/mol. The average Bonchev–Trinajstić information content (AvgIpc) is 0.774. The van der Waals surface area contributed by atoms with Gasteiger partial charge in [0.15, 0.2) is 30.7 Å². The lowest BCUT2D eigenvalue weighted by atomic mass is 9.96. The molecular weight excluding hydrogens is 1230 g/mol. The molecule has 2 aliphatic heterocycles. The van der Waals surface area contributed by atoms with Crippen molar-refractivity contribution in [2.45, 2.75) is 104 Å². The largest absolute Gasteiger partial charge is 0.496 e. The number of esters is 2. The highest BCUT2D eigenvalue weighted by Gasteiger charge is 2.57. The van der Waals surface area contributed by atoms with Gasteiger partial charge in [-0.3, -0.25) is 9.59 Å². The molecule has 10 aromatic rings. The fraction of sp³-hybridized carbons (Fsp3) is 0.273. The van der Waals surface area contributed by atoms with Crippen molar-refractivity contribution in [3.8, 4) is 34.5 Å². The fourth-order valence-corrected chi connectivity index (χ4v) is 14.2. The molecule has 0 N–H and O–H groups in total. The zero-order chi connectivity index (χ0) is 64.9. The van der Waals surface area contributed by atoms with E-state index in [1.54, 1.807) is 33.5 Å². The van der Waals surface area contributed by atoms with Crippen LogP contribution in [-0.2, 0) is 49.4 Å². The molecule has 2 fully saturated rings. The first-order valence-electron chi connectivity index (χ1n) is 31.2. The molecule has 2 heterocycles. The van der Waals surface area contributed by atoms with Gasteiger partial charge in [0.25, 0.3) is 0 Å². The second-order valence-electron chi connectivity index (χ2n) is 22.8. The standard InChI is InChI=1S/C77H74O15S2/c1-48-38-40-57(41-39-48)94-77-74(72(88-63-37-21-31-54-26-15-18-34-60(54)63)70(87-62-36-20-30-53-25-14-17-33-59(53)62)67(91-77)46-84-61-35-19-29-52-24-13-16-32-58(52)61)92-76-73(71(86-50(3)79)69(85-49(2)78)66(90-76)45-83-44-51-22-9-7-10-23-51)89-68(55-27-11-8-12-28-55)47-93-75-64(81-5)42-56(80-4)43-65(75)82-6/h7-43,66-74,76-77H,44-47H2,1-6H3/t66-,67-,68-,69-,70-,71+,72+,73-,74+,76-,77-/m1/s1. The van der Waals surface area contributed by atoms with Crippen LogP contribution in [-0.4, -0.2) is 113 Å². The maximum absolute atomic E-state index is 13.9. The van der Waals surface area contributed by atoms with Gasteiger partial charge in [-0.15, -0.1) is 11.8 Å². The molecule has 10 aromatic carbocycles. The second kappa shape index (κ2) is 31.0. The highest BCUT2D eigenvalue weighted by Crippen LogP contribution is 2.46. The molecule has 15 nitrogen and oxygen atoms in total. The van der Waals surface area contributed by atoms with Crippen molar-refractivity contribution in [2.75, 3.05) is 40.3 Å². The number of carbonyl (C=O) groups is 2. The Balaban J connectivity index is 1.03. The van der Waals surface area contributed by atoms with Crippen LogP contribution in [0.1, 0.15) is 36.6 Å². The summed E-state index contributed by atoms with van der Waals surface area (Å²) in [6.45, 7) is 4.66. The van der Waals surface area contributed by atoms with Crippen LogP contribution in [0.3, 0.4) is 0 Å². The van der Waals surface area contributed by atoms with E-state index in [-0.39, 0.29) is 25.6 Å². The Kier molecular flexibility index (Phi) is 21.5. The van der Waals surface area contributed by atoms with Gasteiger partial charge in [0.1, 0.15) is 71.0 Å². The van der Waals surface area contributed by atoms with Crippen molar-refractivity contribution in [3.05, 3.63) is 241 Å². The number of ether oxygens (including phenoxy) is 13. The number of hydrogen-bond acceptors (Lipinski definition) is 17. The third-order valence-corrected chi connectivity index (χ3v) is 18.8. The molecule has 0 aromatic heterocycles. The summed E-state index contributed by atoms with van der Waals surface area (Å²) in [6, 6.07) is 73.1. The Hall–Kier alpha value is -8.78. The van der Waals surface area contributed by atoms with Crippen LogP contribution >= 0.6 is 23.5 Å². The Bertz CT molecular complexity index is 4120. The van der Waals surface area contributed by atoms with Gasteiger partial charge in [-0.2, -0.15) is 0 Å². The third kappa shape index (κ3) is 15.5. The van der Waals surface area contributed by atoms with E-state index in [1.807, 2.05) is 207 Å². The van der Waals surface area contributed by atoms with E-state index in [2.05, 4.69) is 12.1 Å². The predicted molar refractivity (Wildman–Crippen MR) is 363 cm³/mol. The van der Waals surface area contributed by atoms with Gasteiger partial charge >= 0.3 is 11.9 Å². The van der Waals surface area contributed by atoms with Gasteiger partial charge in [-0.25, -0.2) is 0 Å². The highest BCUT2D eigenvalue weighted by atomic mass is 32.2. The quantitative estimate of drug-likeness (QED) is 0.0373. The molecule has 2 aliphatic rings. The normalized spacial score (nSPS) is 21.4. The van der Waals surface area contributed by atoms with E-state index >= 15 is 0 Å². The van der Waals surface area contributed by atoms with Crippen LogP contribution in [0.25, 0.3) is 32.3 Å². The Morgan fingerprint density at radius 2 is 1.01 bits per heavy atom. The topological polar surface area (TPSA) is 154 Å². The lowest BCUT2D eigenvalue weighted by Gasteiger charge is -2.50. The summed E-state index contributed by atoms with van der Waals surface area (Å²) in [5, 5.41) is 5.52. The first kappa shape index (κ1) is 65.3. The van der Waals surface area contributed by atoms with Crippen LogP contribution in [0, 0.1) is 6.92 Å². The van der Waals surface area contributed by atoms with E-state index in [1.165, 1.54) is 37.4 Å². The SMILES string of the molecule is COc1cc(OC)c(SC[C@@H](O[C@H]2[C@@H](O[C@H]3[C@@H](Oc4cccc5ccccc45)[C@H](Oc4cccc5ccccc45)[C@@H](COc4cccc5ccccc45)O[C@@H]3Sc3ccc(C)cc3)O[C@H](COCc3ccccc3)[C@@H](OC(C)=O)[C@@H]2OC(C)=O)c2ccccc2)c(OC)c1. The van der Waals surface area contributed by atoms with Gasteiger partial charge in [0.05, 0.1) is 45.5 Å². The van der Waals surface area contributed by atoms with Crippen molar-refractivity contribution in [3.63, 3.8) is 0 Å². The molecule has 0 aliphatic carbocycles. The Morgan fingerprint density at radius 3 is 1.60 bits per heavy atom. The van der Waals surface area contributed by atoms with Crippen LogP contribution in [0.5, 0.6) is 34.5 Å². The number of benzene rings is 10. The smallest absolute Gasteiger partial charge is 0.303 e. The predicted octanol–water partition coefficient (Wildman–Crippen LogP) is 15.4. The van der Waals surface area contributed by atoms with E-state index in [9.17, 15) is 9.59 Å². The van der Waals surface area contributed by atoms with Crippen LogP contribution in [0.2, 0.25) is 0 Å². The maximum Gasteiger partial charge on any atom is 0.303 e. The van der Waals surface area contributed by atoms with Gasteiger partial charge in [0, 0.05) is 52.8 Å². The fourth-order valence-electron chi connectivity index (χ4n) is 12.0. The minimum absolute atomic E-state index is 0.00177. The van der Waals surface area contributed by atoms with Crippen molar-refractivity contribution >= 4 is 67.8 Å². The maximum atomic E-state index is 13.9. The molecule has 0 radical (unpaired) electrons. The summed E-state index contributed by atoms with van der Waals surface area (Å²) in [5.74, 6) is 2.21. The Labute approximate surface area is 555 Å². The van der Waals surface area contributed by atoms with Crippen molar-refractivity contribution in [2.24, 2.45) is 0 Å². The Morgan fingerprint density at radius 1 is 0.489 bits per heavy atom. The minimum atomic E-state index is -1.49. The summed E-state index contributed by atoms with van der Waals surface area (Å²) in [7, 11) is 4.74. The van der Waals surface area contributed by atoms with Crippen molar-refractivity contribution in [1.82, 2.24) is 0 Å². The summed E-state index contributed by atoms with van der Waals surface area (Å²) in [4.78, 5) is 29.0. The van der Waals surface area contributed by atoms with E-state index in [0.717, 1.165) is 53.9 Å². The zero-order valence-electron chi connectivity index (χ0n) is 53.0. The molecule has 0 saturated carbocycles. The zero-order valence-corrected chi connectivity index (χ0v) is 54.6. The van der Waals surface area contributed by atoms with Gasteiger partial charge in [-0.05, 0) is 64.5 Å². The number of carbonyl (C=O) groups excluding carboxylic acids is 2. The van der Waals surface area contributed by atoms with E-state index in [4.69, 9.17) is 61.6 Å². The number of methoxy groups -OCH3 is 3. The summed E-state index contributed by atoms with van der Waals surface area (Å²) in [6.07, 6.45) is -11.7. The third-order valence-electron chi connectivity index (χ3n) is 16.5. The molecule has 0 bridgehead atoms. The van der Waals surface area contributed by atoms with Crippen LogP contribution in [0.15, 0.2) is 234 Å². The van der Waals surface area contributed by atoms with Crippen molar-refractivity contribution in [1.29, 1.82) is 0 Å². The summed E-state index contributed by atoms with van der Waals surface area (Å²) < 4.78 is 89.3. The highest BCUT2D eigenvalue weighted by molar-refractivity contribution is 8.00. The number of rotatable bonds is 26. The summed E-state index contributed by atoms with van der Waals surface area (Å²) in [5.41, 5.74) is 1.76. The lowest BCUT2D eigenvalue weighted by Crippen LogP contribution is -2.67. The van der Waals surface area contributed by atoms with E-state index in [0.29, 0.717) is 39.4 Å². The number of aryl methyl sites for hydroxylation is 1. The molecule has 2 saturated heterocycles. The molecular formula is C77H74O15S2. The van der Waals surface area contributed by atoms with Gasteiger partial charge in [0.2, 0.25) is 0 Å². The monoisotopic (exact) mass is 1300 g/mol. The summed E-state index contributed by atoms with van der Waals surface area (Å²) >= 11 is 2.86. The van der Waals surface area contributed by atoms with Gasteiger partial charge in [-0.1, -0.05) is 199 Å². The molecule has 94 heavy (non-hydrogen) atoms. The number of fused-ring (bicyclic) bond motifs is 3. The molecule has 0 amide bonds. The number of hydrogen-bond donors (Lipinski definition) is 0. The molecule has 0 spiro atoms. The first-order valence-corrected chi connectivity index (χ1v) is 33.1. The number of thioether (sulfide) groups is 2. The molecule has 0 unspecified atom stereocenters. The first-order chi connectivity index (χ1) is 46.0. The molecule has 11 atom stereocenters. The minimum Gasteiger partial charge on any atom is -0.496 e. The second-order valence-corrected chi connectivity index (χ2v) is 25.0. The molecule has 484 valence electrons. The molecule has 17 heteroatoms. The molecule has 12 rings (SSSR count). The van der Waals surface area contributed by atoms with Gasteiger partial charge < -0.3 is 61.6 Å². The lowest BCUT2D eigenvalue weighted by molar-refractivity contribution is -0.345. The van der Waals surface area contributed by atoms with Crippen LogP contribution in [0.4, 0.5) is 0 Å². The van der Waals surface area contributed by atoms with Crippen LogP contribution < -0.4 is 28.4 Å². The van der Waals surface area contributed by atoms with Crippen molar-refractivity contribution < 1.29 is 71.2 Å².